The van der Waals surface area contributed by atoms with Crippen LogP contribution in [0.4, 0.5) is 5.69 Å². The number of halogens is 2. The minimum absolute atomic E-state index is 0.0938. The second-order valence-electron chi connectivity index (χ2n) is 7.79. The molecule has 1 aliphatic heterocycles. The molecule has 2 unspecified atom stereocenters. The molecule has 0 amide bonds. The third-order valence-electron chi connectivity index (χ3n) is 5.07. The molecule has 0 saturated carbocycles. The summed E-state index contributed by atoms with van der Waals surface area (Å²) in [6, 6.07) is 15.0. The number of hydrogen-bond donors (Lipinski definition) is 1. The highest BCUT2D eigenvalue weighted by molar-refractivity contribution is 8.02. The number of fused-ring (bicyclic) bond motifs is 1. The molecule has 0 saturated heterocycles. The van der Waals surface area contributed by atoms with E-state index < -0.39 is 27.1 Å². The zero-order chi connectivity index (χ0) is 25.8. The van der Waals surface area contributed by atoms with Crippen molar-refractivity contribution in [3.8, 4) is 6.07 Å². The SMILES string of the molecule is CN(C)c1ccncc1.Cc1cc2c(cc1Cl)SC(C(C#N)C(=O)c1ccc(Cl)cc1)NS2(=O)=O. The topological polar surface area (TPSA) is 103 Å². The Labute approximate surface area is 219 Å². The number of nitriles is 1. The Hall–Kier alpha value is -2.61. The van der Waals surface area contributed by atoms with E-state index in [-0.39, 0.29) is 10.5 Å². The molecule has 7 nitrogen and oxygen atoms in total. The molecule has 3 aromatic rings. The van der Waals surface area contributed by atoms with Gasteiger partial charge in [0.15, 0.2) is 5.78 Å². The summed E-state index contributed by atoms with van der Waals surface area (Å²) in [5.74, 6) is -1.68. The van der Waals surface area contributed by atoms with Crippen molar-refractivity contribution in [2.45, 2.75) is 22.1 Å². The normalized spacial score (nSPS) is 16.6. The van der Waals surface area contributed by atoms with Crippen LogP contribution in [0.5, 0.6) is 0 Å². The Balaban J connectivity index is 0.000000320. The average Bonchev–Trinajstić information content (AvgIpc) is 2.82. The molecule has 2 heterocycles. The molecular formula is C24H22Cl2N4O3S2. The quantitative estimate of drug-likeness (QED) is 0.447. The molecule has 0 bridgehead atoms. The summed E-state index contributed by atoms with van der Waals surface area (Å²) >= 11 is 13.0. The molecule has 1 aromatic heterocycles. The number of hydrogen-bond acceptors (Lipinski definition) is 7. The summed E-state index contributed by atoms with van der Waals surface area (Å²) in [6.45, 7) is 1.71. The number of aryl methyl sites for hydroxylation is 1. The van der Waals surface area contributed by atoms with Gasteiger partial charge >= 0.3 is 0 Å². The van der Waals surface area contributed by atoms with Crippen LogP contribution in [-0.2, 0) is 10.0 Å². The Bertz CT molecular complexity index is 1360. The van der Waals surface area contributed by atoms with E-state index in [0.29, 0.717) is 20.5 Å². The summed E-state index contributed by atoms with van der Waals surface area (Å²) in [4.78, 5) is 19.1. The number of ketones is 1. The van der Waals surface area contributed by atoms with E-state index in [1.807, 2.05) is 37.2 Å². The van der Waals surface area contributed by atoms with Gasteiger partial charge in [0.2, 0.25) is 10.0 Å². The van der Waals surface area contributed by atoms with Gasteiger partial charge in [0.05, 0.1) is 16.3 Å². The largest absolute Gasteiger partial charge is 0.378 e. The first-order chi connectivity index (χ1) is 16.5. The number of carbonyl (C=O) groups is 1. The van der Waals surface area contributed by atoms with Crippen LogP contribution < -0.4 is 9.62 Å². The van der Waals surface area contributed by atoms with Gasteiger partial charge in [-0.15, -0.1) is 11.8 Å². The van der Waals surface area contributed by atoms with Gasteiger partial charge in [0, 0.05) is 52.7 Å². The van der Waals surface area contributed by atoms with Gasteiger partial charge in [-0.3, -0.25) is 9.78 Å². The number of nitrogens with zero attached hydrogens (tertiary/aromatic N) is 3. The van der Waals surface area contributed by atoms with Crippen LogP contribution in [0.15, 0.2) is 70.7 Å². The van der Waals surface area contributed by atoms with Crippen LogP contribution in [0.25, 0.3) is 0 Å². The van der Waals surface area contributed by atoms with Crippen molar-refractivity contribution in [2.24, 2.45) is 5.92 Å². The summed E-state index contributed by atoms with van der Waals surface area (Å²) in [6.07, 6.45) is 3.57. The molecule has 0 spiro atoms. The fourth-order valence-corrected chi connectivity index (χ4v) is 6.73. The van der Waals surface area contributed by atoms with E-state index >= 15 is 0 Å². The molecule has 2 aromatic carbocycles. The highest BCUT2D eigenvalue weighted by atomic mass is 35.5. The first-order valence-corrected chi connectivity index (χ1v) is 13.4. The lowest BCUT2D eigenvalue weighted by atomic mass is 9.99. The number of Topliss-reactive ketones (excluding diaryl/α,β-unsaturated/α-hetero) is 1. The van der Waals surface area contributed by atoms with Crippen LogP contribution in [-0.4, -0.2) is 38.7 Å². The van der Waals surface area contributed by atoms with Crippen molar-refractivity contribution < 1.29 is 13.2 Å². The van der Waals surface area contributed by atoms with E-state index in [1.165, 1.54) is 23.9 Å². The third kappa shape index (κ3) is 6.54. The van der Waals surface area contributed by atoms with Crippen LogP contribution >= 0.6 is 35.0 Å². The van der Waals surface area contributed by atoms with E-state index in [0.717, 1.165) is 11.8 Å². The molecule has 1 N–H and O–H groups in total. The zero-order valence-corrected chi connectivity index (χ0v) is 22.2. The van der Waals surface area contributed by atoms with Crippen molar-refractivity contribution in [1.82, 2.24) is 9.71 Å². The third-order valence-corrected chi connectivity index (χ3v) is 8.73. The maximum absolute atomic E-state index is 12.7. The highest BCUT2D eigenvalue weighted by Gasteiger charge is 2.39. The molecule has 4 rings (SSSR count). The van der Waals surface area contributed by atoms with Gasteiger partial charge in [-0.25, -0.2) is 8.42 Å². The van der Waals surface area contributed by atoms with E-state index in [4.69, 9.17) is 23.2 Å². The maximum Gasteiger partial charge on any atom is 0.242 e. The smallest absolute Gasteiger partial charge is 0.242 e. The molecule has 0 fully saturated rings. The predicted molar refractivity (Wildman–Crippen MR) is 140 cm³/mol. The van der Waals surface area contributed by atoms with Crippen molar-refractivity contribution >= 4 is 56.5 Å². The second-order valence-corrected chi connectivity index (χ2v) is 11.5. The van der Waals surface area contributed by atoms with E-state index in [2.05, 4.69) is 9.71 Å². The lowest BCUT2D eigenvalue weighted by Gasteiger charge is -2.28. The van der Waals surface area contributed by atoms with Crippen molar-refractivity contribution in [3.05, 3.63) is 82.1 Å². The number of anilines is 1. The highest BCUT2D eigenvalue weighted by Crippen LogP contribution is 2.40. The lowest BCUT2D eigenvalue weighted by Crippen LogP contribution is -2.43. The van der Waals surface area contributed by atoms with Gasteiger partial charge in [-0.1, -0.05) is 23.2 Å². The fraction of sp³-hybridized carbons (Fsp3) is 0.208. The Morgan fingerprint density at radius 2 is 1.77 bits per heavy atom. The second kappa shape index (κ2) is 11.4. The Morgan fingerprint density at radius 1 is 1.14 bits per heavy atom. The van der Waals surface area contributed by atoms with Gasteiger partial charge < -0.3 is 4.90 Å². The van der Waals surface area contributed by atoms with Crippen molar-refractivity contribution in [3.63, 3.8) is 0 Å². The van der Waals surface area contributed by atoms with E-state index in [9.17, 15) is 18.5 Å². The van der Waals surface area contributed by atoms with Crippen LogP contribution in [0.3, 0.4) is 0 Å². The molecule has 182 valence electrons. The number of pyridine rings is 1. The predicted octanol–water partition coefficient (Wildman–Crippen LogP) is 5.18. The minimum Gasteiger partial charge on any atom is -0.378 e. The van der Waals surface area contributed by atoms with Gasteiger partial charge in [0.25, 0.3) is 0 Å². The summed E-state index contributed by atoms with van der Waals surface area (Å²) in [7, 11) is 0.157. The van der Waals surface area contributed by atoms with Gasteiger partial charge in [-0.05, 0) is 61.0 Å². The van der Waals surface area contributed by atoms with Crippen LogP contribution in [0, 0.1) is 24.2 Å². The lowest BCUT2D eigenvalue weighted by molar-refractivity contribution is 0.0946. The Morgan fingerprint density at radius 3 is 2.31 bits per heavy atom. The van der Waals surface area contributed by atoms with Crippen molar-refractivity contribution in [2.75, 3.05) is 19.0 Å². The first-order valence-electron chi connectivity index (χ1n) is 10.3. The molecule has 35 heavy (non-hydrogen) atoms. The number of nitrogens with one attached hydrogen (secondary N) is 1. The zero-order valence-electron chi connectivity index (χ0n) is 19.1. The van der Waals surface area contributed by atoms with Crippen LogP contribution in [0.1, 0.15) is 15.9 Å². The van der Waals surface area contributed by atoms with E-state index in [1.54, 1.807) is 37.5 Å². The number of thioether (sulfide) groups is 1. The van der Waals surface area contributed by atoms with Crippen molar-refractivity contribution in [1.29, 1.82) is 5.26 Å². The molecule has 2 atom stereocenters. The number of sulfonamides is 1. The van der Waals surface area contributed by atoms with Crippen LogP contribution in [0.2, 0.25) is 10.0 Å². The number of aromatic nitrogens is 1. The molecule has 11 heteroatoms. The average molecular weight is 550 g/mol. The molecule has 0 radical (unpaired) electrons. The maximum atomic E-state index is 12.7. The Kier molecular flexibility index (Phi) is 8.80. The summed E-state index contributed by atoms with van der Waals surface area (Å²) < 4.78 is 27.6. The van der Waals surface area contributed by atoms with Gasteiger partial charge in [0.1, 0.15) is 5.92 Å². The standard InChI is InChI=1S/C17H12Cl2N2O3S2.C7H10N2/c1-9-6-15-14(7-13(9)19)25-17(21-26(15,23)24)12(8-20)16(22)10-2-4-11(18)5-3-10;1-9(2)7-3-5-8-6-4-7/h2-7,12,17,21H,1H3;3-6H,1-2H3. The molecule has 0 aliphatic carbocycles. The number of benzene rings is 2. The monoisotopic (exact) mass is 548 g/mol. The number of carbonyl (C=O) groups excluding carboxylic acids is 1. The molecule has 1 aliphatic rings. The van der Waals surface area contributed by atoms with Gasteiger partial charge in [-0.2, -0.15) is 9.98 Å². The number of rotatable bonds is 4. The summed E-state index contributed by atoms with van der Waals surface area (Å²) in [5.41, 5.74) is 2.10. The fourth-order valence-electron chi connectivity index (χ4n) is 3.15. The molecular weight excluding hydrogens is 527 g/mol. The minimum atomic E-state index is -3.86. The first kappa shape index (κ1) is 27.0. The summed E-state index contributed by atoms with van der Waals surface area (Å²) in [5, 5.41) is 9.43.